The van der Waals surface area contributed by atoms with Crippen LogP contribution in [0, 0.1) is 22.7 Å². The van der Waals surface area contributed by atoms with Gasteiger partial charge in [-0.05, 0) is 66.6 Å². The van der Waals surface area contributed by atoms with Gasteiger partial charge >= 0.3 is 23.9 Å². The molecule has 0 bridgehead atoms. The normalized spacial score (nSPS) is 34.4. The molecule has 0 aromatic heterocycles. The summed E-state index contributed by atoms with van der Waals surface area (Å²) in [6.45, 7) is 24.3. The molecule has 0 amide bonds. The molecule has 3 rings (SSSR count). The van der Waals surface area contributed by atoms with Crippen molar-refractivity contribution < 1.29 is 42.6 Å². The first-order valence-corrected chi connectivity index (χ1v) is 17.8. The molecule has 3 fully saturated rings. The number of carbonyl (C=O) groups is 4. The lowest BCUT2D eigenvalue weighted by Gasteiger charge is -2.62. The number of esters is 4. The van der Waals surface area contributed by atoms with E-state index in [4.69, 9.17) is 23.4 Å². The van der Waals surface area contributed by atoms with Gasteiger partial charge in [-0.2, -0.15) is 0 Å². The summed E-state index contributed by atoms with van der Waals surface area (Å²) < 4.78 is 29.2. The second-order valence-corrected chi connectivity index (χ2v) is 19.1. The lowest BCUT2D eigenvalue weighted by atomic mass is 9.45. The van der Waals surface area contributed by atoms with Gasteiger partial charge in [0.1, 0.15) is 18.8 Å². The molecule has 7 atom stereocenters. The Morgan fingerprint density at radius 3 is 2.14 bits per heavy atom. The molecule has 42 heavy (non-hydrogen) atoms. The average Bonchev–Trinajstić information content (AvgIpc) is 3.18. The molecule has 236 valence electrons. The van der Waals surface area contributed by atoms with E-state index in [2.05, 4.69) is 54.3 Å². The molecular formula is C32H50O9Si. The highest BCUT2D eigenvalue weighted by molar-refractivity contribution is 6.74. The van der Waals surface area contributed by atoms with E-state index in [0.29, 0.717) is 31.4 Å². The maximum absolute atomic E-state index is 12.6. The molecule has 3 aliphatic rings. The first-order valence-electron chi connectivity index (χ1n) is 14.9. The minimum absolute atomic E-state index is 0.0114. The lowest BCUT2D eigenvalue weighted by Crippen LogP contribution is -2.61. The van der Waals surface area contributed by atoms with Gasteiger partial charge in [0, 0.05) is 32.8 Å². The Morgan fingerprint density at radius 1 is 1.02 bits per heavy atom. The van der Waals surface area contributed by atoms with Crippen LogP contribution >= 0.6 is 0 Å². The van der Waals surface area contributed by atoms with Crippen LogP contribution in [0.25, 0.3) is 0 Å². The summed E-state index contributed by atoms with van der Waals surface area (Å²) in [5.74, 6) is -1.98. The molecule has 1 saturated heterocycles. The number of hydrogen-bond donors (Lipinski definition) is 0. The summed E-state index contributed by atoms with van der Waals surface area (Å²) in [5, 5.41) is -0.0114. The number of ether oxygens (including phenoxy) is 4. The standard InChI is InChI=1S/C32H50O9Si/c1-19-24(13-12-23-26(40-21(3)34)17-37-29(23)36)31(8)15-14-28(41-22(4)35)32(9,18-38-42(10,11)30(5,6)7)27(31)16-25(19)39-20(2)33/h12,24-28H,1,13-18H2,2-11H3/b23-12+/t24-,25+,26-,27+,28-,31+,32+/m1/s1. The number of rotatable bonds is 8. The topological polar surface area (TPSA) is 114 Å². The van der Waals surface area contributed by atoms with E-state index in [1.807, 2.05) is 0 Å². The third-order valence-electron chi connectivity index (χ3n) is 10.4. The summed E-state index contributed by atoms with van der Waals surface area (Å²) >= 11 is 0. The van der Waals surface area contributed by atoms with Crippen molar-refractivity contribution in [3.05, 3.63) is 23.8 Å². The Balaban J connectivity index is 2.07. The first-order chi connectivity index (χ1) is 19.2. The van der Waals surface area contributed by atoms with Gasteiger partial charge in [0.05, 0.1) is 5.57 Å². The fourth-order valence-corrected chi connectivity index (χ4v) is 8.10. The fourth-order valence-electron chi connectivity index (χ4n) is 6.99. The van der Waals surface area contributed by atoms with Gasteiger partial charge in [-0.1, -0.05) is 47.3 Å². The van der Waals surface area contributed by atoms with Crippen molar-refractivity contribution in [2.75, 3.05) is 13.2 Å². The first kappa shape index (κ1) is 34.0. The van der Waals surface area contributed by atoms with Crippen LogP contribution in [-0.4, -0.2) is 63.7 Å². The molecular weight excluding hydrogens is 556 g/mol. The second-order valence-electron chi connectivity index (χ2n) is 14.3. The van der Waals surface area contributed by atoms with Gasteiger partial charge in [-0.25, -0.2) is 4.79 Å². The number of carbonyl (C=O) groups excluding carboxylic acids is 4. The fraction of sp³-hybridized carbons (Fsp3) is 0.750. The smallest absolute Gasteiger partial charge is 0.337 e. The third kappa shape index (κ3) is 6.85. The Labute approximate surface area is 251 Å². The van der Waals surface area contributed by atoms with Crippen molar-refractivity contribution in [2.24, 2.45) is 22.7 Å². The van der Waals surface area contributed by atoms with Crippen molar-refractivity contribution >= 4 is 32.2 Å². The van der Waals surface area contributed by atoms with Crippen molar-refractivity contribution in [3.8, 4) is 0 Å². The molecule has 0 aromatic carbocycles. The molecule has 1 heterocycles. The monoisotopic (exact) mass is 606 g/mol. The van der Waals surface area contributed by atoms with Crippen LogP contribution in [0.1, 0.15) is 81.1 Å². The van der Waals surface area contributed by atoms with Gasteiger partial charge in [-0.3, -0.25) is 14.4 Å². The number of allylic oxidation sites excluding steroid dienone is 1. The minimum Gasteiger partial charge on any atom is -0.462 e. The van der Waals surface area contributed by atoms with Gasteiger partial charge in [0.2, 0.25) is 0 Å². The van der Waals surface area contributed by atoms with Crippen LogP contribution in [0.4, 0.5) is 0 Å². The van der Waals surface area contributed by atoms with Crippen LogP contribution in [0.15, 0.2) is 23.8 Å². The average molecular weight is 607 g/mol. The Kier molecular flexibility index (Phi) is 9.94. The summed E-state index contributed by atoms with van der Waals surface area (Å²) in [6.07, 6.45) is 2.43. The van der Waals surface area contributed by atoms with E-state index < -0.39 is 43.8 Å². The quantitative estimate of drug-likeness (QED) is 0.113. The van der Waals surface area contributed by atoms with Crippen molar-refractivity contribution in [3.63, 3.8) is 0 Å². The highest BCUT2D eigenvalue weighted by Crippen LogP contribution is 2.63. The number of fused-ring (bicyclic) bond motifs is 1. The zero-order valence-electron chi connectivity index (χ0n) is 27.1. The van der Waals surface area contributed by atoms with E-state index in [-0.39, 0.29) is 41.0 Å². The lowest BCUT2D eigenvalue weighted by molar-refractivity contribution is -0.192. The third-order valence-corrected chi connectivity index (χ3v) is 14.9. The molecule has 2 saturated carbocycles. The molecule has 10 heteroatoms. The van der Waals surface area contributed by atoms with E-state index >= 15 is 0 Å². The highest BCUT2D eigenvalue weighted by Gasteiger charge is 2.61. The molecule has 2 aliphatic carbocycles. The summed E-state index contributed by atoms with van der Waals surface area (Å²) in [5.41, 5.74) is 0.178. The highest BCUT2D eigenvalue weighted by atomic mass is 28.4. The molecule has 0 unspecified atom stereocenters. The van der Waals surface area contributed by atoms with E-state index in [1.54, 1.807) is 6.08 Å². The predicted octanol–water partition coefficient (Wildman–Crippen LogP) is 5.68. The molecule has 0 radical (unpaired) electrons. The summed E-state index contributed by atoms with van der Waals surface area (Å²) in [6, 6.07) is 0. The van der Waals surface area contributed by atoms with Crippen LogP contribution in [0.3, 0.4) is 0 Å². The van der Waals surface area contributed by atoms with Crippen molar-refractivity contribution in [2.45, 2.75) is 118 Å². The largest absolute Gasteiger partial charge is 0.462 e. The zero-order chi connectivity index (χ0) is 31.8. The van der Waals surface area contributed by atoms with Gasteiger partial charge in [0.15, 0.2) is 14.4 Å². The maximum Gasteiger partial charge on any atom is 0.337 e. The Hall–Kier alpha value is -2.46. The SMILES string of the molecule is C=C1[C@@H](OC(C)=O)C[C@@H]2[C@](C)(CO[Si](C)(C)C(C)(C)C)[C@H](OC(C)=O)CC[C@@]2(C)[C@@H]1C/C=C1/C(=O)OC[C@H]1OC(C)=O. The Bertz CT molecular complexity index is 1140. The molecule has 0 aromatic rings. The van der Waals surface area contributed by atoms with E-state index in [9.17, 15) is 19.2 Å². The van der Waals surface area contributed by atoms with Crippen LogP contribution in [-0.2, 0) is 42.6 Å². The van der Waals surface area contributed by atoms with Crippen LogP contribution in [0.2, 0.25) is 18.1 Å². The molecule has 0 spiro atoms. The molecule has 9 nitrogen and oxygen atoms in total. The minimum atomic E-state index is -2.17. The molecule has 0 N–H and O–H groups in total. The number of cyclic esters (lactones) is 1. The maximum atomic E-state index is 12.6. The van der Waals surface area contributed by atoms with Gasteiger partial charge in [-0.15, -0.1) is 0 Å². The summed E-state index contributed by atoms with van der Waals surface area (Å²) in [4.78, 5) is 48.7. The summed E-state index contributed by atoms with van der Waals surface area (Å²) in [7, 11) is -2.17. The molecule has 1 aliphatic heterocycles. The van der Waals surface area contributed by atoms with Crippen LogP contribution in [0.5, 0.6) is 0 Å². The van der Waals surface area contributed by atoms with Gasteiger partial charge in [0.25, 0.3) is 0 Å². The van der Waals surface area contributed by atoms with E-state index in [0.717, 1.165) is 12.0 Å². The van der Waals surface area contributed by atoms with Crippen molar-refractivity contribution in [1.82, 2.24) is 0 Å². The van der Waals surface area contributed by atoms with E-state index in [1.165, 1.54) is 20.8 Å². The van der Waals surface area contributed by atoms with Gasteiger partial charge < -0.3 is 23.4 Å². The van der Waals surface area contributed by atoms with Crippen LogP contribution < -0.4 is 0 Å². The second kappa shape index (κ2) is 12.3. The predicted molar refractivity (Wildman–Crippen MR) is 160 cm³/mol. The Morgan fingerprint density at radius 2 is 1.60 bits per heavy atom. The van der Waals surface area contributed by atoms with Crippen molar-refractivity contribution in [1.29, 1.82) is 0 Å². The zero-order valence-corrected chi connectivity index (χ0v) is 28.1. The number of hydrogen-bond acceptors (Lipinski definition) is 9.